The summed E-state index contributed by atoms with van der Waals surface area (Å²) in [6, 6.07) is 7.90. The molecule has 0 aliphatic carbocycles. The lowest BCUT2D eigenvalue weighted by molar-refractivity contribution is -0.132. The number of hydrogen-bond acceptors (Lipinski definition) is 4. The Kier molecular flexibility index (Phi) is 4.71. The first-order chi connectivity index (χ1) is 12.3. The molecule has 7 nitrogen and oxygen atoms in total. The molecule has 138 valence electrons. The zero-order valence-electron chi connectivity index (χ0n) is 15.3. The Balaban J connectivity index is 1.88. The van der Waals surface area contributed by atoms with E-state index in [-0.39, 0.29) is 12.5 Å². The predicted octanol–water partition coefficient (Wildman–Crippen LogP) is 2.97. The summed E-state index contributed by atoms with van der Waals surface area (Å²) in [5, 5.41) is 15.0. The van der Waals surface area contributed by atoms with Crippen LogP contribution in [0.3, 0.4) is 0 Å². The van der Waals surface area contributed by atoms with Gasteiger partial charge in [0.2, 0.25) is 0 Å². The quantitative estimate of drug-likeness (QED) is 0.915. The molecule has 2 heterocycles. The van der Waals surface area contributed by atoms with Crippen molar-refractivity contribution < 1.29 is 14.7 Å². The molecule has 3 rings (SSSR count). The van der Waals surface area contributed by atoms with Gasteiger partial charge in [-0.3, -0.25) is 24.7 Å². The normalized spacial score (nSPS) is 14.7. The molecule has 2 amide bonds. The monoisotopic (exact) mass is 356 g/mol. The molecule has 1 aliphatic heterocycles. The summed E-state index contributed by atoms with van der Waals surface area (Å²) in [6.45, 7) is 6.44. The Morgan fingerprint density at radius 2 is 1.92 bits per heavy atom. The minimum absolute atomic E-state index is 0.173. The van der Waals surface area contributed by atoms with Gasteiger partial charge in [0, 0.05) is 35.6 Å². The van der Waals surface area contributed by atoms with Crippen LogP contribution >= 0.6 is 0 Å². The van der Waals surface area contributed by atoms with E-state index in [4.69, 9.17) is 0 Å². The third-order valence-corrected chi connectivity index (χ3v) is 4.58. The number of anilines is 1. The highest BCUT2D eigenvalue weighted by Gasteiger charge is 2.34. The van der Waals surface area contributed by atoms with Gasteiger partial charge in [-0.15, -0.1) is 0 Å². The van der Waals surface area contributed by atoms with E-state index in [1.807, 2.05) is 29.3 Å². The largest absolute Gasteiger partial charge is 0.465 e. The Morgan fingerprint density at radius 3 is 2.62 bits per heavy atom. The van der Waals surface area contributed by atoms with Crippen molar-refractivity contribution in [2.24, 2.45) is 0 Å². The molecule has 0 unspecified atom stereocenters. The molecule has 1 N–H and O–H groups in total. The first kappa shape index (κ1) is 18.0. The molecule has 0 saturated carbocycles. The second-order valence-electron chi connectivity index (χ2n) is 7.41. The molecule has 0 spiro atoms. The lowest BCUT2D eigenvalue weighted by Crippen LogP contribution is -2.52. The molecule has 1 fully saturated rings. The zero-order valence-corrected chi connectivity index (χ0v) is 15.3. The average Bonchev–Trinajstić information content (AvgIpc) is 3.07. The number of carbonyl (C=O) groups is 2. The van der Waals surface area contributed by atoms with Gasteiger partial charge in [0.15, 0.2) is 0 Å². The molecular formula is C19H24N4O3. The Bertz CT molecular complexity index is 826. The number of carbonyl (C=O) groups excluding carboxylic acids is 1. The Morgan fingerprint density at radius 1 is 1.19 bits per heavy atom. The molecular weight excluding hydrogens is 332 g/mol. The maximum atomic E-state index is 12.9. The summed E-state index contributed by atoms with van der Waals surface area (Å²) in [6.07, 6.45) is 3.29. The van der Waals surface area contributed by atoms with E-state index in [1.165, 1.54) is 4.90 Å². The molecule has 0 radical (unpaired) electrons. The first-order valence-corrected chi connectivity index (χ1v) is 8.70. The summed E-state index contributed by atoms with van der Waals surface area (Å²) in [4.78, 5) is 29.9. The maximum Gasteiger partial charge on any atom is 0.408 e. The molecule has 1 aromatic carbocycles. The van der Waals surface area contributed by atoms with Crippen LogP contribution < -0.4 is 5.01 Å². The van der Waals surface area contributed by atoms with Crippen LogP contribution in [-0.2, 0) is 4.79 Å². The molecule has 0 atom stereocenters. The number of fused-ring (bicyclic) bond motifs is 1. The van der Waals surface area contributed by atoms with Crippen LogP contribution in [0.25, 0.3) is 10.8 Å². The van der Waals surface area contributed by atoms with E-state index in [1.54, 1.807) is 38.2 Å². The number of pyridine rings is 1. The highest BCUT2D eigenvalue weighted by Crippen LogP contribution is 2.29. The molecule has 2 aromatic rings. The minimum Gasteiger partial charge on any atom is -0.465 e. The van der Waals surface area contributed by atoms with Crippen LogP contribution in [0.2, 0.25) is 0 Å². The standard InChI is InChI=1S/C19H24N4O3/c1-19(2,3)21(18(25)26)13-17(24)23-10-6-9-22(23)16-12-20-11-14-7-4-5-8-15(14)16/h4-5,7-8,11-12H,6,9-10,13H2,1-3H3,(H,25,26). The van der Waals surface area contributed by atoms with E-state index in [9.17, 15) is 14.7 Å². The Hall–Kier alpha value is -2.83. The van der Waals surface area contributed by atoms with Crippen LogP contribution in [0.5, 0.6) is 0 Å². The maximum absolute atomic E-state index is 12.9. The number of amides is 2. The summed E-state index contributed by atoms with van der Waals surface area (Å²) >= 11 is 0. The third kappa shape index (κ3) is 3.42. The van der Waals surface area contributed by atoms with Crippen molar-refractivity contribution in [2.75, 3.05) is 24.6 Å². The minimum atomic E-state index is -1.09. The first-order valence-electron chi connectivity index (χ1n) is 8.70. The second kappa shape index (κ2) is 6.82. The van der Waals surface area contributed by atoms with E-state index in [0.717, 1.165) is 22.9 Å². The van der Waals surface area contributed by atoms with Crippen LogP contribution in [-0.4, -0.2) is 57.2 Å². The Labute approximate surface area is 152 Å². The summed E-state index contributed by atoms with van der Waals surface area (Å²) in [5.74, 6) is -0.229. The fraction of sp³-hybridized carbons (Fsp3) is 0.421. The second-order valence-corrected chi connectivity index (χ2v) is 7.41. The number of rotatable bonds is 3. The number of hydrazine groups is 1. The van der Waals surface area contributed by atoms with Crippen molar-refractivity contribution in [3.05, 3.63) is 36.7 Å². The van der Waals surface area contributed by atoms with Crippen molar-refractivity contribution >= 4 is 28.5 Å². The van der Waals surface area contributed by atoms with Gasteiger partial charge in [-0.1, -0.05) is 24.3 Å². The lowest BCUT2D eigenvalue weighted by Gasteiger charge is -2.36. The van der Waals surface area contributed by atoms with E-state index in [0.29, 0.717) is 13.1 Å². The SMILES string of the molecule is CC(C)(C)N(CC(=O)N1CCCN1c1cncc2ccccc12)C(=O)O. The van der Waals surface area contributed by atoms with Crippen LogP contribution in [0, 0.1) is 0 Å². The number of hydrogen-bond donors (Lipinski definition) is 1. The highest BCUT2D eigenvalue weighted by atomic mass is 16.4. The van der Waals surface area contributed by atoms with Crippen molar-refractivity contribution in [1.29, 1.82) is 0 Å². The van der Waals surface area contributed by atoms with Gasteiger partial charge < -0.3 is 5.11 Å². The molecule has 7 heteroatoms. The molecule has 1 aromatic heterocycles. The van der Waals surface area contributed by atoms with Gasteiger partial charge in [0.1, 0.15) is 6.54 Å². The summed E-state index contributed by atoms with van der Waals surface area (Å²) in [7, 11) is 0. The third-order valence-electron chi connectivity index (χ3n) is 4.58. The van der Waals surface area contributed by atoms with E-state index >= 15 is 0 Å². The number of aromatic nitrogens is 1. The van der Waals surface area contributed by atoms with Crippen molar-refractivity contribution in [3.63, 3.8) is 0 Å². The summed E-state index contributed by atoms with van der Waals surface area (Å²) in [5.41, 5.74) is 0.221. The van der Waals surface area contributed by atoms with E-state index < -0.39 is 11.6 Å². The van der Waals surface area contributed by atoms with Crippen molar-refractivity contribution in [3.8, 4) is 0 Å². The molecule has 1 aliphatic rings. The highest BCUT2D eigenvalue weighted by molar-refractivity contribution is 5.94. The van der Waals surface area contributed by atoms with Crippen LogP contribution in [0.4, 0.5) is 10.5 Å². The van der Waals surface area contributed by atoms with Gasteiger partial charge in [0.25, 0.3) is 5.91 Å². The van der Waals surface area contributed by atoms with Gasteiger partial charge in [-0.05, 0) is 27.2 Å². The van der Waals surface area contributed by atoms with E-state index in [2.05, 4.69) is 4.98 Å². The summed E-state index contributed by atoms with van der Waals surface area (Å²) < 4.78 is 0. The molecule has 26 heavy (non-hydrogen) atoms. The number of carboxylic acid groups (broad SMARTS) is 1. The van der Waals surface area contributed by atoms with Gasteiger partial charge in [-0.2, -0.15) is 0 Å². The predicted molar refractivity (Wildman–Crippen MR) is 99.9 cm³/mol. The van der Waals surface area contributed by atoms with Crippen molar-refractivity contribution in [1.82, 2.24) is 14.9 Å². The smallest absolute Gasteiger partial charge is 0.408 e. The lowest BCUT2D eigenvalue weighted by atomic mass is 10.1. The van der Waals surface area contributed by atoms with Gasteiger partial charge >= 0.3 is 6.09 Å². The van der Waals surface area contributed by atoms with Crippen molar-refractivity contribution in [2.45, 2.75) is 32.7 Å². The van der Waals surface area contributed by atoms with Crippen LogP contribution in [0.1, 0.15) is 27.2 Å². The topological polar surface area (TPSA) is 77.0 Å². The van der Waals surface area contributed by atoms with Gasteiger partial charge in [0.05, 0.1) is 11.9 Å². The average molecular weight is 356 g/mol. The van der Waals surface area contributed by atoms with Crippen LogP contribution in [0.15, 0.2) is 36.7 Å². The fourth-order valence-electron chi connectivity index (χ4n) is 3.24. The molecule has 1 saturated heterocycles. The number of nitrogens with zero attached hydrogens (tertiary/aromatic N) is 4. The number of benzene rings is 1. The van der Waals surface area contributed by atoms with Gasteiger partial charge in [-0.25, -0.2) is 4.79 Å². The zero-order chi connectivity index (χ0) is 18.9. The molecule has 0 bridgehead atoms. The fourth-order valence-corrected chi connectivity index (χ4v) is 3.24.